The zero-order valence-electron chi connectivity index (χ0n) is 11.2. The number of nitrogens with two attached hydrogens (primary N) is 1. The van der Waals surface area contributed by atoms with Gasteiger partial charge in [-0.2, -0.15) is 0 Å². The zero-order valence-corrected chi connectivity index (χ0v) is 12.0. The second-order valence-electron chi connectivity index (χ2n) is 4.87. The number of aryl methyl sites for hydroxylation is 1. The summed E-state index contributed by atoms with van der Waals surface area (Å²) in [7, 11) is -3.57. The summed E-state index contributed by atoms with van der Waals surface area (Å²) in [6.07, 6.45) is 0.877. The van der Waals surface area contributed by atoms with E-state index in [1.165, 1.54) is 6.07 Å². The average Bonchev–Trinajstić information content (AvgIpc) is 2.96. The topological polar surface area (TPSA) is 94.6 Å². The number of nitrogens with one attached hydrogen (secondary N) is 1. The molecular weight excluding hydrogens is 268 g/mol. The van der Waals surface area contributed by atoms with Crippen LogP contribution in [0, 0.1) is 12.8 Å². The van der Waals surface area contributed by atoms with Crippen molar-refractivity contribution in [1.82, 2.24) is 4.72 Å². The highest BCUT2D eigenvalue weighted by molar-refractivity contribution is 7.89. The molecule has 2 unspecified atom stereocenters. The minimum atomic E-state index is -3.57. The van der Waals surface area contributed by atoms with Gasteiger partial charge in [-0.1, -0.05) is 0 Å². The molecule has 0 aliphatic carbocycles. The van der Waals surface area contributed by atoms with Crippen molar-refractivity contribution in [1.29, 1.82) is 0 Å². The van der Waals surface area contributed by atoms with Crippen LogP contribution in [0.4, 0.5) is 0 Å². The maximum atomic E-state index is 12.3. The molecule has 1 aliphatic heterocycles. The minimum absolute atomic E-state index is 0.164. The molecule has 1 aliphatic rings. The van der Waals surface area contributed by atoms with E-state index in [-0.39, 0.29) is 23.4 Å². The summed E-state index contributed by atoms with van der Waals surface area (Å²) in [5, 5.41) is 0. The summed E-state index contributed by atoms with van der Waals surface area (Å²) in [6.45, 7) is 4.95. The lowest BCUT2D eigenvalue weighted by Gasteiger charge is -2.18. The molecule has 6 nitrogen and oxygen atoms in total. The van der Waals surface area contributed by atoms with Crippen LogP contribution >= 0.6 is 0 Å². The molecule has 2 atom stereocenters. The van der Waals surface area contributed by atoms with Gasteiger partial charge in [0.05, 0.1) is 13.2 Å². The van der Waals surface area contributed by atoms with Gasteiger partial charge in [-0.3, -0.25) is 0 Å². The van der Waals surface area contributed by atoms with Crippen LogP contribution in [0.15, 0.2) is 15.4 Å². The molecular formula is C12H20N2O4S. The second kappa shape index (κ2) is 5.62. The number of hydrogen-bond donors (Lipinski definition) is 2. The van der Waals surface area contributed by atoms with Gasteiger partial charge in [0.2, 0.25) is 10.0 Å². The van der Waals surface area contributed by atoms with E-state index in [2.05, 4.69) is 4.72 Å². The van der Waals surface area contributed by atoms with Crippen molar-refractivity contribution < 1.29 is 17.6 Å². The van der Waals surface area contributed by atoms with Gasteiger partial charge in [-0.15, -0.1) is 0 Å². The largest absolute Gasteiger partial charge is 0.464 e. The van der Waals surface area contributed by atoms with Crippen LogP contribution in [0.2, 0.25) is 0 Å². The maximum absolute atomic E-state index is 12.3. The van der Waals surface area contributed by atoms with Crippen LogP contribution in [-0.2, 0) is 21.3 Å². The van der Waals surface area contributed by atoms with Gasteiger partial charge < -0.3 is 14.9 Å². The summed E-state index contributed by atoms with van der Waals surface area (Å²) in [5.74, 6) is 1.05. The fraction of sp³-hybridized carbons (Fsp3) is 0.667. The zero-order chi connectivity index (χ0) is 14.0. The van der Waals surface area contributed by atoms with Crippen molar-refractivity contribution in [3.05, 3.63) is 17.6 Å². The molecule has 1 saturated heterocycles. The maximum Gasteiger partial charge on any atom is 0.244 e. The van der Waals surface area contributed by atoms with Crippen molar-refractivity contribution in [2.75, 3.05) is 13.2 Å². The Morgan fingerprint density at radius 2 is 2.32 bits per heavy atom. The molecule has 0 radical (unpaired) electrons. The molecule has 0 saturated carbocycles. The highest BCUT2D eigenvalue weighted by Gasteiger charge is 2.28. The predicted octanol–water partition coefficient (Wildman–Crippen LogP) is 0.750. The van der Waals surface area contributed by atoms with E-state index in [1.54, 1.807) is 6.92 Å². The van der Waals surface area contributed by atoms with Crippen molar-refractivity contribution >= 4 is 10.0 Å². The van der Waals surface area contributed by atoms with E-state index < -0.39 is 10.0 Å². The lowest BCUT2D eigenvalue weighted by molar-refractivity contribution is 0.180. The van der Waals surface area contributed by atoms with E-state index in [0.717, 1.165) is 6.42 Å². The Morgan fingerprint density at radius 1 is 1.58 bits per heavy atom. The number of hydrogen-bond acceptors (Lipinski definition) is 5. The van der Waals surface area contributed by atoms with Crippen molar-refractivity contribution in [2.24, 2.45) is 11.7 Å². The van der Waals surface area contributed by atoms with E-state index in [1.807, 2.05) is 6.92 Å². The van der Waals surface area contributed by atoms with E-state index in [4.69, 9.17) is 14.9 Å². The van der Waals surface area contributed by atoms with Crippen LogP contribution in [0.25, 0.3) is 0 Å². The predicted molar refractivity (Wildman–Crippen MR) is 70.0 cm³/mol. The normalized spacial score (nSPS) is 21.7. The lowest BCUT2D eigenvalue weighted by atomic mass is 10.0. The van der Waals surface area contributed by atoms with Crippen molar-refractivity contribution in [3.63, 3.8) is 0 Å². The van der Waals surface area contributed by atoms with E-state index in [0.29, 0.717) is 24.7 Å². The highest BCUT2D eigenvalue weighted by Crippen LogP contribution is 2.22. The van der Waals surface area contributed by atoms with Gasteiger partial charge in [-0.25, -0.2) is 13.1 Å². The standard InChI is InChI=1S/C12H20N2O4S/c1-8(10-3-4-17-7-10)14-19(15,16)12-5-11(6-13)18-9(12)2/h5,8,10,14H,3-4,6-7,13H2,1-2H3. The Kier molecular flexibility index (Phi) is 4.29. The molecule has 0 spiro atoms. The van der Waals surface area contributed by atoms with Crippen LogP contribution in [0.3, 0.4) is 0 Å². The Labute approximate surface area is 113 Å². The van der Waals surface area contributed by atoms with Gasteiger partial charge in [0.25, 0.3) is 0 Å². The van der Waals surface area contributed by atoms with E-state index in [9.17, 15) is 8.42 Å². The SMILES string of the molecule is Cc1oc(CN)cc1S(=O)(=O)NC(C)C1CCOC1. The summed E-state index contributed by atoms with van der Waals surface area (Å²) in [6, 6.07) is 1.32. The summed E-state index contributed by atoms with van der Waals surface area (Å²) < 4.78 is 37.8. The van der Waals surface area contributed by atoms with Crippen LogP contribution in [0.5, 0.6) is 0 Å². The molecule has 0 amide bonds. The molecule has 1 aromatic rings. The average molecular weight is 288 g/mol. The van der Waals surface area contributed by atoms with Gasteiger partial charge >= 0.3 is 0 Å². The monoisotopic (exact) mass is 288 g/mol. The van der Waals surface area contributed by atoms with Gasteiger partial charge in [-0.05, 0) is 20.3 Å². The van der Waals surface area contributed by atoms with Gasteiger partial charge in [0, 0.05) is 24.6 Å². The first-order valence-electron chi connectivity index (χ1n) is 6.33. The third-order valence-corrected chi connectivity index (χ3v) is 5.09. The van der Waals surface area contributed by atoms with Crippen molar-refractivity contribution in [3.8, 4) is 0 Å². The molecule has 1 aromatic heterocycles. The van der Waals surface area contributed by atoms with Crippen LogP contribution in [0.1, 0.15) is 24.9 Å². The molecule has 2 rings (SSSR count). The first kappa shape index (κ1) is 14.5. The molecule has 1 fully saturated rings. The van der Waals surface area contributed by atoms with Crippen molar-refractivity contribution in [2.45, 2.75) is 37.8 Å². The van der Waals surface area contributed by atoms with Gasteiger partial charge in [0.15, 0.2) is 0 Å². The third-order valence-electron chi connectivity index (χ3n) is 3.43. The van der Waals surface area contributed by atoms with E-state index >= 15 is 0 Å². The molecule has 7 heteroatoms. The second-order valence-corrected chi connectivity index (χ2v) is 6.55. The number of rotatable bonds is 5. The van der Waals surface area contributed by atoms with Crippen LogP contribution in [-0.4, -0.2) is 27.7 Å². The molecule has 19 heavy (non-hydrogen) atoms. The first-order chi connectivity index (χ1) is 8.94. The van der Waals surface area contributed by atoms with Crippen LogP contribution < -0.4 is 10.5 Å². The number of furan rings is 1. The smallest absolute Gasteiger partial charge is 0.244 e. The molecule has 108 valence electrons. The highest BCUT2D eigenvalue weighted by atomic mass is 32.2. The summed E-state index contributed by atoms with van der Waals surface area (Å²) >= 11 is 0. The molecule has 3 N–H and O–H groups in total. The lowest BCUT2D eigenvalue weighted by Crippen LogP contribution is -2.38. The Balaban J connectivity index is 2.14. The first-order valence-corrected chi connectivity index (χ1v) is 7.82. The molecule has 0 aromatic carbocycles. The quantitative estimate of drug-likeness (QED) is 0.833. The number of sulfonamides is 1. The fourth-order valence-corrected chi connectivity index (χ4v) is 3.76. The Hall–Kier alpha value is -0.890. The fourth-order valence-electron chi connectivity index (χ4n) is 2.24. The minimum Gasteiger partial charge on any atom is -0.464 e. The van der Waals surface area contributed by atoms with Gasteiger partial charge in [0.1, 0.15) is 16.4 Å². The summed E-state index contributed by atoms with van der Waals surface area (Å²) in [5.41, 5.74) is 5.45. The third kappa shape index (κ3) is 3.17. The molecule has 2 heterocycles. The summed E-state index contributed by atoms with van der Waals surface area (Å²) in [4.78, 5) is 0.165. The number of ether oxygens (including phenoxy) is 1. The Morgan fingerprint density at radius 3 is 2.84 bits per heavy atom. The Bertz CT molecular complexity index is 532. The molecule has 0 bridgehead atoms.